The number of likely N-dealkylation sites (N-methyl/N-ethyl adjacent to an activating group) is 1. The van der Waals surface area contributed by atoms with Gasteiger partial charge in [0.1, 0.15) is 19.8 Å². The van der Waals surface area contributed by atoms with E-state index in [9.17, 15) is 19.0 Å². The van der Waals surface area contributed by atoms with Crippen LogP contribution in [0.5, 0.6) is 0 Å². The van der Waals surface area contributed by atoms with E-state index in [1.165, 1.54) is 141 Å². The summed E-state index contributed by atoms with van der Waals surface area (Å²) in [5.74, 6) is -0.794. The second-order valence-corrected chi connectivity index (χ2v) is 17.9. The minimum absolute atomic E-state index is 0.0342. The smallest absolute Gasteiger partial charge is 0.462 e. The molecule has 0 aromatic carbocycles. The largest absolute Gasteiger partial charge is 0.472 e. The molecule has 2 atom stereocenters. The van der Waals surface area contributed by atoms with E-state index in [1.807, 2.05) is 21.1 Å². The van der Waals surface area contributed by atoms with Crippen LogP contribution in [0.3, 0.4) is 0 Å². The number of carbonyl (C=O) groups excluding carboxylic acids is 2. The molecule has 0 aromatic heterocycles. The van der Waals surface area contributed by atoms with Crippen molar-refractivity contribution in [2.75, 3.05) is 47.5 Å². The number of esters is 2. The van der Waals surface area contributed by atoms with Crippen LogP contribution in [0, 0.1) is 0 Å². The molecule has 54 heavy (non-hydrogen) atoms. The molecule has 0 spiro atoms. The van der Waals surface area contributed by atoms with Gasteiger partial charge in [-0.1, -0.05) is 167 Å². The molecule has 0 aliphatic rings. The lowest BCUT2D eigenvalue weighted by Gasteiger charge is -2.24. The van der Waals surface area contributed by atoms with E-state index in [2.05, 4.69) is 26.0 Å². The Bertz CT molecular complexity index is 938. The maximum Gasteiger partial charge on any atom is 0.472 e. The molecule has 0 aliphatic carbocycles. The molecular weight excluding hydrogens is 701 g/mol. The number of ether oxygens (including phenoxy) is 2. The van der Waals surface area contributed by atoms with Crippen molar-refractivity contribution in [1.29, 1.82) is 0 Å². The molecular formula is C44H87NO8P+. The summed E-state index contributed by atoms with van der Waals surface area (Å²) in [4.78, 5) is 35.4. The summed E-state index contributed by atoms with van der Waals surface area (Å²) in [6, 6.07) is 0. The van der Waals surface area contributed by atoms with Gasteiger partial charge < -0.3 is 18.9 Å². The average Bonchev–Trinajstić information content (AvgIpc) is 3.12. The van der Waals surface area contributed by atoms with Gasteiger partial charge in [-0.3, -0.25) is 18.6 Å². The Kier molecular flexibility index (Phi) is 36.5. The highest BCUT2D eigenvalue weighted by Gasteiger charge is 2.27. The van der Waals surface area contributed by atoms with Crippen LogP contribution < -0.4 is 0 Å². The molecule has 0 saturated heterocycles. The quantitative estimate of drug-likeness (QED) is 0.0214. The fourth-order valence-corrected chi connectivity index (χ4v) is 6.99. The van der Waals surface area contributed by atoms with Gasteiger partial charge in [0, 0.05) is 12.8 Å². The average molecular weight is 789 g/mol. The predicted octanol–water partition coefficient (Wildman–Crippen LogP) is 12.6. The van der Waals surface area contributed by atoms with Gasteiger partial charge in [0.25, 0.3) is 0 Å². The van der Waals surface area contributed by atoms with Crippen LogP contribution in [-0.4, -0.2) is 74.9 Å². The zero-order chi connectivity index (χ0) is 40.0. The van der Waals surface area contributed by atoms with Gasteiger partial charge in [0.2, 0.25) is 0 Å². The zero-order valence-electron chi connectivity index (χ0n) is 36.0. The van der Waals surface area contributed by atoms with Crippen LogP contribution in [0.25, 0.3) is 0 Å². The highest BCUT2D eigenvalue weighted by molar-refractivity contribution is 7.47. The minimum atomic E-state index is -4.37. The van der Waals surface area contributed by atoms with Gasteiger partial charge in [-0.25, -0.2) is 4.57 Å². The summed E-state index contributed by atoms with van der Waals surface area (Å²) in [7, 11) is 1.48. The number of carbonyl (C=O) groups is 2. The van der Waals surface area contributed by atoms with Crippen molar-refractivity contribution >= 4 is 19.8 Å². The predicted molar refractivity (Wildman–Crippen MR) is 224 cm³/mol. The summed E-state index contributed by atoms with van der Waals surface area (Å²) in [5.41, 5.74) is 0. The number of allylic oxidation sites excluding steroid dienone is 2. The van der Waals surface area contributed by atoms with Crippen LogP contribution in [0.15, 0.2) is 12.2 Å². The van der Waals surface area contributed by atoms with Crippen LogP contribution in [-0.2, 0) is 32.7 Å². The van der Waals surface area contributed by atoms with Crippen molar-refractivity contribution in [2.24, 2.45) is 0 Å². The summed E-state index contributed by atoms with van der Waals surface area (Å²) >= 11 is 0. The van der Waals surface area contributed by atoms with Crippen LogP contribution in [0.2, 0.25) is 0 Å². The van der Waals surface area contributed by atoms with Gasteiger partial charge >= 0.3 is 19.8 Å². The number of rotatable bonds is 41. The minimum Gasteiger partial charge on any atom is -0.462 e. The molecule has 0 fully saturated rings. The van der Waals surface area contributed by atoms with E-state index in [0.29, 0.717) is 17.4 Å². The van der Waals surface area contributed by atoms with Gasteiger partial charge in [0.05, 0.1) is 27.7 Å². The maximum atomic E-state index is 12.7. The topological polar surface area (TPSA) is 108 Å². The lowest BCUT2D eigenvalue weighted by atomic mass is 10.0. The second kappa shape index (κ2) is 37.3. The standard InChI is InChI=1S/C44H86NO8P/c1-6-8-10-12-14-16-18-20-22-24-26-28-30-32-34-36-43(46)50-40-42(41-52-54(48,49)51-39-38-45(3,4)5)53-44(47)37-35-33-31-29-27-25-23-21-19-17-15-13-11-9-7-2/h16,18,42H,6-15,17,19-41H2,1-5H3/p+1/b18-16-/t42-/m1/s1. The van der Waals surface area contributed by atoms with E-state index >= 15 is 0 Å². The van der Waals surface area contributed by atoms with Crippen molar-refractivity contribution in [3.05, 3.63) is 12.2 Å². The number of nitrogens with zero attached hydrogens (tertiary/aromatic N) is 1. The number of phosphoric ester groups is 1. The van der Waals surface area contributed by atoms with Crippen LogP contribution in [0.1, 0.15) is 206 Å². The summed E-state index contributed by atoms with van der Waals surface area (Å²) < 4.78 is 34.3. The van der Waals surface area contributed by atoms with Crippen LogP contribution in [0.4, 0.5) is 0 Å². The first-order valence-corrected chi connectivity index (χ1v) is 23.9. The van der Waals surface area contributed by atoms with Crippen molar-refractivity contribution in [1.82, 2.24) is 0 Å². The first-order chi connectivity index (χ1) is 26.0. The van der Waals surface area contributed by atoms with E-state index in [1.54, 1.807) is 0 Å². The molecule has 0 heterocycles. The number of unbranched alkanes of at least 4 members (excludes halogenated alkanes) is 25. The summed E-state index contributed by atoms with van der Waals surface area (Å²) in [6.45, 7) is 4.43. The first kappa shape index (κ1) is 52.8. The van der Waals surface area contributed by atoms with Crippen molar-refractivity contribution in [3.63, 3.8) is 0 Å². The molecule has 1 unspecified atom stereocenters. The molecule has 0 bridgehead atoms. The van der Waals surface area contributed by atoms with Crippen LogP contribution >= 0.6 is 7.82 Å². The second-order valence-electron chi connectivity index (χ2n) is 16.4. The van der Waals surface area contributed by atoms with Gasteiger partial charge in [0.15, 0.2) is 6.10 Å². The number of hydrogen-bond acceptors (Lipinski definition) is 7. The normalized spacial score (nSPS) is 13.7. The number of quaternary nitrogens is 1. The molecule has 0 aliphatic heterocycles. The lowest BCUT2D eigenvalue weighted by Crippen LogP contribution is -2.37. The Morgan fingerprint density at radius 2 is 0.944 bits per heavy atom. The monoisotopic (exact) mass is 789 g/mol. The Balaban J connectivity index is 4.33. The number of hydrogen-bond donors (Lipinski definition) is 1. The third-order valence-electron chi connectivity index (χ3n) is 9.80. The molecule has 0 radical (unpaired) electrons. The highest BCUT2D eigenvalue weighted by atomic mass is 31.2. The van der Waals surface area contributed by atoms with E-state index in [4.69, 9.17) is 18.5 Å². The molecule has 0 aromatic rings. The first-order valence-electron chi connectivity index (χ1n) is 22.4. The van der Waals surface area contributed by atoms with Crippen molar-refractivity contribution in [3.8, 4) is 0 Å². The van der Waals surface area contributed by atoms with E-state index in [-0.39, 0.29) is 32.0 Å². The molecule has 0 rings (SSSR count). The maximum absolute atomic E-state index is 12.7. The molecule has 1 N–H and O–H groups in total. The Labute approximate surface area is 333 Å². The van der Waals surface area contributed by atoms with Gasteiger partial charge in [-0.15, -0.1) is 0 Å². The summed E-state index contributed by atoms with van der Waals surface area (Å²) in [5, 5.41) is 0. The zero-order valence-corrected chi connectivity index (χ0v) is 36.9. The highest BCUT2D eigenvalue weighted by Crippen LogP contribution is 2.43. The Morgan fingerprint density at radius 3 is 1.39 bits per heavy atom. The molecule has 9 nitrogen and oxygen atoms in total. The molecule has 0 saturated carbocycles. The molecule has 320 valence electrons. The fraction of sp³-hybridized carbons (Fsp3) is 0.909. The third-order valence-corrected chi connectivity index (χ3v) is 10.8. The number of phosphoric acid groups is 1. The lowest BCUT2D eigenvalue weighted by molar-refractivity contribution is -0.870. The summed E-state index contributed by atoms with van der Waals surface area (Å²) in [6.07, 6.45) is 38.2. The molecule has 0 amide bonds. The van der Waals surface area contributed by atoms with Gasteiger partial charge in [-0.05, 0) is 38.5 Å². The van der Waals surface area contributed by atoms with Crippen molar-refractivity contribution < 1.29 is 42.1 Å². The Morgan fingerprint density at radius 1 is 0.556 bits per heavy atom. The van der Waals surface area contributed by atoms with E-state index in [0.717, 1.165) is 32.1 Å². The Hall–Kier alpha value is -1.25. The van der Waals surface area contributed by atoms with E-state index < -0.39 is 26.5 Å². The molecule has 10 heteroatoms. The van der Waals surface area contributed by atoms with Crippen molar-refractivity contribution in [2.45, 2.75) is 213 Å². The van der Waals surface area contributed by atoms with Gasteiger partial charge in [-0.2, -0.15) is 0 Å². The third kappa shape index (κ3) is 40.4. The fourth-order valence-electron chi connectivity index (χ4n) is 6.24. The SMILES string of the molecule is CCCCCC/C=C\CCCCCCCCCC(=O)OC[C@H](COP(=O)(O)OCC[N+](C)(C)C)OC(=O)CCCCCCCCCCCCCCCCC.